The van der Waals surface area contributed by atoms with Crippen molar-refractivity contribution in [3.05, 3.63) is 112 Å². The first kappa shape index (κ1) is 24.8. The second kappa shape index (κ2) is 11.4. The zero-order valence-electron chi connectivity index (χ0n) is 19.9. The van der Waals surface area contributed by atoms with E-state index in [-0.39, 0.29) is 6.61 Å². The van der Waals surface area contributed by atoms with Gasteiger partial charge in [0, 0.05) is 41.3 Å². The molecule has 184 valence electrons. The number of likely N-dealkylation sites (tertiary alicyclic amines) is 1. The van der Waals surface area contributed by atoms with E-state index in [1.807, 2.05) is 54.6 Å². The summed E-state index contributed by atoms with van der Waals surface area (Å²) in [7, 11) is 0. The van der Waals surface area contributed by atoms with Crippen molar-refractivity contribution in [1.82, 2.24) is 9.88 Å². The van der Waals surface area contributed by atoms with Crippen LogP contribution in [0.2, 0.25) is 10.0 Å². The minimum atomic E-state index is -0.575. The summed E-state index contributed by atoms with van der Waals surface area (Å²) in [4.78, 5) is 6.68. The van der Waals surface area contributed by atoms with Crippen LogP contribution in [-0.2, 0) is 0 Å². The summed E-state index contributed by atoms with van der Waals surface area (Å²) in [5, 5.41) is 13.1. The molecule has 1 aliphatic heterocycles. The maximum absolute atomic E-state index is 10.7. The van der Waals surface area contributed by atoms with E-state index < -0.39 is 6.10 Å². The highest BCUT2D eigenvalue weighted by atomic mass is 35.5. The summed E-state index contributed by atoms with van der Waals surface area (Å²) in [6.07, 6.45) is 3.06. The maximum atomic E-state index is 10.7. The predicted molar refractivity (Wildman–Crippen MR) is 148 cm³/mol. The van der Waals surface area contributed by atoms with Crippen molar-refractivity contribution >= 4 is 39.7 Å². The minimum absolute atomic E-state index is 0.244. The molecule has 4 nitrogen and oxygen atoms in total. The van der Waals surface area contributed by atoms with Crippen LogP contribution in [0.3, 0.4) is 0 Å². The van der Waals surface area contributed by atoms with E-state index in [1.54, 1.807) is 6.20 Å². The molecule has 1 aromatic heterocycles. The molecule has 1 fully saturated rings. The lowest BCUT2D eigenvalue weighted by molar-refractivity contribution is 0.0661. The molecule has 0 aliphatic carbocycles. The van der Waals surface area contributed by atoms with Crippen molar-refractivity contribution in [2.45, 2.75) is 18.9 Å². The number of nitrogens with zero attached hydrogens (tertiary/aromatic N) is 2. The van der Waals surface area contributed by atoms with E-state index in [9.17, 15) is 5.11 Å². The molecule has 0 bridgehead atoms. The summed E-state index contributed by atoms with van der Waals surface area (Å²) < 4.78 is 5.97. The van der Waals surface area contributed by atoms with E-state index in [2.05, 4.69) is 34.1 Å². The Labute approximate surface area is 221 Å². The summed E-state index contributed by atoms with van der Waals surface area (Å²) in [5.41, 5.74) is 5.85. The molecule has 5 rings (SSSR count). The highest BCUT2D eigenvalue weighted by molar-refractivity contribution is 6.31. The Hall–Kier alpha value is -2.89. The third kappa shape index (κ3) is 5.91. The van der Waals surface area contributed by atoms with Gasteiger partial charge in [-0.25, -0.2) is 0 Å². The van der Waals surface area contributed by atoms with Gasteiger partial charge in [-0.2, -0.15) is 0 Å². The molecule has 36 heavy (non-hydrogen) atoms. The SMILES string of the molecule is OC(COc1cccc2ncccc12)CN1CCC(=C(c2ccc(Cl)cc2)c2ccc(Cl)cc2)CC1. The van der Waals surface area contributed by atoms with E-state index in [0.29, 0.717) is 6.54 Å². The smallest absolute Gasteiger partial charge is 0.128 e. The zero-order valence-corrected chi connectivity index (χ0v) is 21.4. The van der Waals surface area contributed by atoms with E-state index in [4.69, 9.17) is 27.9 Å². The zero-order chi connectivity index (χ0) is 24.9. The van der Waals surface area contributed by atoms with Crippen LogP contribution in [0.15, 0.2) is 90.6 Å². The van der Waals surface area contributed by atoms with Crippen molar-refractivity contribution in [3.8, 4) is 5.75 Å². The number of halogens is 2. The summed E-state index contributed by atoms with van der Waals surface area (Å²) in [5.74, 6) is 0.749. The van der Waals surface area contributed by atoms with Crippen LogP contribution in [0.25, 0.3) is 16.5 Å². The van der Waals surface area contributed by atoms with Crippen LogP contribution in [-0.4, -0.2) is 47.3 Å². The fraction of sp³-hybridized carbons (Fsp3) is 0.233. The van der Waals surface area contributed by atoms with Gasteiger partial charge in [-0.3, -0.25) is 9.88 Å². The Morgan fingerprint density at radius 3 is 2.14 bits per heavy atom. The Morgan fingerprint density at radius 1 is 0.861 bits per heavy atom. The Kier molecular flexibility index (Phi) is 7.88. The fourth-order valence-electron chi connectivity index (χ4n) is 4.80. The van der Waals surface area contributed by atoms with Crippen LogP contribution in [0.5, 0.6) is 5.75 Å². The second-order valence-corrected chi connectivity index (χ2v) is 9.96. The van der Waals surface area contributed by atoms with Gasteiger partial charge in [0.05, 0.1) is 5.52 Å². The van der Waals surface area contributed by atoms with Crippen LogP contribution in [0.4, 0.5) is 0 Å². The average molecular weight is 519 g/mol. The Morgan fingerprint density at radius 2 is 1.50 bits per heavy atom. The van der Waals surface area contributed by atoms with Crippen LogP contribution < -0.4 is 4.74 Å². The van der Waals surface area contributed by atoms with Crippen LogP contribution in [0, 0.1) is 0 Å². The molecule has 0 amide bonds. The van der Waals surface area contributed by atoms with Crippen molar-refractivity contribution in [1.29, 1.82) is 0 Å². The lowest BCUT2D eigenvalue weighted by atomic mass is 9.88. The number of benzene rings is 3. The van der Waals surface area contributed by atoms with Crippen molar-refractivity contribution < 1.29 is 9.84 Å². The number of pyridine rings is 1. The van der Waals surface area contributed by atoms with Crippen molar-refractivity contribution in [2.24, 2.45) is 0 Å². The van der Waals surface area contributed by atoms with Gasteiger partial charge < -0.3 is 9.84 Å². The first-order chi connectivity index (χ1) is 17.6. The lowest BCUT2D eigenvalue weighted by Crippen LogP contribution is -2.39. The number of aromatic nitrogens is 1. The van der Waals surface area contributed by atoms with Crippen molar-refractivity contribution in [2.75, 3.05) is 26.2 Å². The quantitative estimate of drug-likeness (QED) is 0.289. The number of rotatable bonds is 7. The first-order valence-electron chi connectivity index (χ1n) is 12.2. The van der Waals surface area contributed by atoms with Gasteiger partial charge >= 0.3 is 0 Å². The molecule has 0 spiro atoms. The van der Waals surface area contributed by atoms with E-state index in [0.717, 1.165) is 63.8 Å². The van der Waals surface area contributed by atoms with Crippen molar-refractivity contribution in [3.63, 3.8) is 0 Å². The maximum Gasteiger partial charge on any atom is 0.128 e. The monoisotopic (exact) mass is 518 g/mol. The number of fused-ring (bicyclic) bond motifs is 1. The molecule has 1 unspecified atom stereocenters. The highest BCUT2D eigenvalue weighted by Crippen LogP contribution is 2.33. The number of ether oxygens (including phenoxy) is 1. The van der Waals surface area contributed by atoms with Crippen LogP contribution >= 0.6 is 23.2 Å². The first-order valence-corrected chi connectivity index (χ1v) is 12.9. The van der Waals surface area contributed by atoms with Gasteiger partial charge in [-0.05, 0) is 78.1 Å². The minimum Gasteiger partial charge on any atom is -0.490 e. The molecule has 1 atom stereocenters. The topological polar surface area (TPSA) is 45.6 Å². The van der Waals surface area contributed by atoms with Crippen LogP contribution in [0.1, 0.15) is 24.0 Å². The standard InChI is InChI=1S/C30H28Cl2N2O2/c31-24-10-6-21(7-11-24)30(22-8-12-25(32)13-9-22)23-14-17-34(18-15-23)19-26(35)20-36-29-5-1-4-28-27(29)3-2-16-33-28/h1-13,16,26,35H,14-15,17-20H2. The van der Waals surface area contributed by atoms with Gasteiger partial charge in [-0.15, -0.1) is 0 Å². The summed E-state index contributed by atoms with van der Waals surface area (Å²) in [6, 6.07) is 25.7. The molecule has 2 heterocycles. The molecule has 1 N–H and O–H groups in total. The second-order valence-electron chi connectivity index (χ2n) is 9.08. The molecule has 3 aromatic carbocycles. The summed E-state index contributed by atoms with van der Waals surface area (Å²) >= 11 is 12.3. The Balaban J connectivity index is 1.24. The number of aliphatic hydroxyl groups is 1. The average Bonchev–Trinajstić information content (AvgIpc) is 2.91. The van der Waals surface area contributed by atoms with Gasteiger partial charge in [0.2, 0.25) is 0 Å². The number of hydrogen-bond donors (Lipinski definition) is 1. The normalized spacial score (nSPS) is 15.1. The van der Waals surface area contributed by atoms with E-state index >= 15 is 0 Å². The lowest BCUT2D eigenvalue weighted by Gasteiger charge is -2.31. The molecular weight excluding hydrogens is 491 g/mol. The number of aliphatic hydroxyl groups excluding tert-OH is 1. The highest BCUT2D eigenvalue weighted by Gasteiger charge is 2.21. The molecule has 0 saturated carbocycles. The van der Waals surface area contributed by atoms with E-state index in [1.165, 1.54) is 11.1 Å². The molecule has 1 aliphatic rings. The van der Waals surface area contributed by atoms with Gasteiger partial charge in [0.1, 0.15) is 18.5 Å². The van der Waals surface area contributed by atoms with Gasteiger partial charge in [0.25, 0.3) is 0 Å². The number of β-amino-alcohol motifs (C(OH)–C–C–N with tert-alkyl or cyclic N) is 1. The number of piperidine rings is 1. The third-order valence-corrected chi connectivity index (χ3v) is 7.09. The van der Waals surface area contributed by atoms with Gasteiger partial charge in [-0.1, -0.05) is 59.1 Å². The fourth-order valence-corrected chi connectivity index (χ4v) is 5.05. The summed E-state index contributed by atoms with van der Waals surface area (Å²) in [6.45, 7) is 2.59. The molecule has 6 heteroatoms. The molecular formula is C30H28Cl2N2O2. The predicted octanol–water partition coefficient (Wildman–Crippen LogP) is 6.88. The number of hydrogen-bond acceptors (Lipinski definition) is 4. The Bertz CT molecular complexity index is 1290. The molecule has 1 saturated heterocycles. The van der Waals surface area contributed by atoms with Gasteiger partial charge in [0.15, 0.2) is 0 Å². The third-order valence-electron chi connectivity index (χ3n) is 6.58. The molecule has 4 aromatic rings. The largest absolute Gasteiger partial charge is 0.490 e. The molecule has 0 radical (unpaired) electrons.